The minimum Gasteiger partial charge on any atom is -0.494 e. The predicted octanol–water partition coefficient (Wildman–Crippen LogP) is 3.44. The van der Waals surface area contributed by atoms with Crippen LogP contribution in [0.3, 0.4) is 0 Å². The molecule has 0 bridgehead atoms. The number of aryl methyl sites for hydroxylation is 1. The monoisotopic (exact) mass is 383 g/mol. The van der Waals surface area contributed by atoms with E-state index >= 15 is 0 Å². The number of anilines is 2. The van der Waals surface area contributed by atoms with Crippen LogP contribution in [0.4, 0.5) is 11.4 Å². The molecule has 6 heteroatoms. The first-order valence-corrected chi connectivity index (χ1v) is 9.96. The van der Waals surface area contributed by atoms with Crippen molar-refractivity contribution in [3.63, 3.8) is 0 Å². The number of aromatic nitrogens is 1. The average Bonchev–Trinajstić information content (AvgIpc) is 2.72. The van der Waals surface area contributed by atoms with Gasteiger partial charge < -0.3 is 19.3 Å². The SMILES string of the molecule is CCOC(=O)CCCOc1ccc(N2CCN(c3ccncc3)CC2)c(C)c1. The Bertz CT molecular complexity index is 759. The van der Waals surface area contributed by atoms with Crippen molar-refractivity contribution in [2.75, 3.05) is 49.2 Å². The first kappa shape index (κ1) is 20.0. The lowest BCUT2D eigenvalue weighted by molar-refractivity contribution is -0.143. The molecule has 0 saturated carbocycles. The van der Waals surface area contributed by atoms with E-state index in [1.807, 2.05) is 25.4 Å². The summed E-state index contributed by atoms with van der Waals surface area (Å²) in [5, 5.41) is 0. The molecule has 0 aliphatic carbocycles. The summed E-state index contributed by atoms with van der Waals surface area (Å²) < 4.78 is 10.7. The average molecular weight is 383 g/mol. The third-order valence-electron chi connectivity index (χ3n) is 4.92. The lowest BCUT2D eigenvalue weighted by Gasteiger charge is -2.38. The van der Waals surface area contributed by atoms with Gasteiger partial charge in [0, 0.05) is 56.4 Å². The summed E-state index contributed by atoms with van der Waals surface area (Å²) in [4.78, 5) is 20.3. The number of piperazine rings is 1. The van der Waals surface area contributed by atoms with Crippen LogP contribution >= 0.6 is 0 Å². The quantitative estimate of drug-likeness (QED) is 0.514. The first-order valence-electron chi connectivity index (χ1n) is 9.96. The molecule has 6 nitrogen and oxygen atoms in total. The fourth-order valence-electron chi connectivity index (χ4n) is 3.47. The Morgan fingerprint density at radius 1 is 1.07 bits per heavy atom. The molecule has 1 fully saturated rings. The van der Waals surface area contributed by atoms with Crippen molar-refractivity contribution in [3.05, 3.63) is 48.3 Å². The van der Waals surface area contributed by atoms with Gasteiger partial charge in [-0.15, -0.1) is 0 Å². The van der Waals surface area contributed by atoms with E-state index in [1.165, 1.54) is 16.9 Å². The maximum atomic E-state index is 11.4. The number of carbonyl (C=O) groups is 1. The number of esters is 1. The highest BCUT2D eigenvalue weighted by Crippen LogP contribution is 2.27. The molecule has 1 aromatic carbocycles. The Hall–Kier alpha value is -2.76. The van der Waals surface area contributed by atoms with Crippen LogP contribution < -0.4 is 14.5 Å². The van der Waals surface area contributed by atoms with Gasteiger partial charge in [0.1, 0.15) is 5.75 Å². The van der Waals surface area contributed by atoms with Gasteiger partial charge in [0.25, 0.3) is 0 Å². The summed E-state index contributed by atoms with van der Waals surface area (Å²) in [5.74, 6) is 0.684. The van der Waals surface area contributed by atoms with E-state index in [-0.39, 0.29) is 5.97 Å². The van der Waals surface area contributed by atoms with Gasteiger partial charge >= 0.3 is 5.97 Å². The van der Waals surface area contributed by atoms with Gasteiger partial charge in [-0.05, 0) is 56.2 Å². The van der Waals surface area contributed by atoms with Crippen LogP contribution in [0.5, 0.6) is 5.75 Å². The smallest absolute Gasteiger partial charge is 0.305 e. The number of rotatable bonds is 8. The van der Waals surface area contributed by atoms with E-state index in [9.17, 15) is 4.79 Å². The zero-order chi connectivity index (χ0) is 19.8. The minimum atomic E-state index is -0.163. The summed E-state index contributed by atoms with van der Waals surface area (Å²) in [5.41, 5.74) is 3.70. The van der Waals surface area contributed by atoms with Crippen LogP contribution in [0, 0.1) is 6.92 Å². The molecule has 0 amide bonds. The molecule has 0 radical (unpaired) electrons. The van der Waals surface area contributed by atoms with E-state index < -0.39 is 0 Å². The van der Waals surface area contributed by atoms with E-state index in [0.29, 0.717) is 26.1 Å². The molecule has 28 heavy (non-hydrogen) atoms. The summed E-state index contributed by atoms with van der Waals surface area (Å²) in [7, 11) is 0. The molecular formula is C22H29N3O3. The second kappa shape index (κ2) is 9.97. The molecule has 1 saturated heterocycles. The van der Waals surface area contributed by atoms with Gasteiger partial charge in [0.05, 0.1) is 13.2 Å². The van der Waals surface area contributed by atoms with Gasteiger partial charge in [-0.3, -0.25) is 9.78 Å². The Balaban J connectivity index is 1.48. The van der Waals surface area contributed by atoms with Crippen LogP contribution in [-0.4, -0.2) is 50.3 Å². The van der Waals surface area contributed by atoms with Gasteiger partial charge in [-0.1, -0.05) is 0 Å². The van der Waals surface area contributed by atoms with Crippen molar-refractivity contribution < 1.29 is 14.3 Å². The van der Waals surface area contributed by atoms with E-state index in [4.69, 9.17) is 9.47 Å². The van der Waals surface area contributed by atoms with Crippen LogP contribution in [-0.2, 0) is 9.53 Å². The maximum Gasteiger partial charge on any atom is 0.305 e. The third-order valence-corrected chi connectivity index (χ3v) is 4.92. The lowest BCUT2D eigenvalue weighted by atomic mass is 10.1. The number of carbonyl (C=O) groups excluding carboxylic acids is 1. The molecule has 1 aromatic heterocycles. The molecule has 150 valence electrons. The topological polar surface area (TPSA) is 54.9 Å². The first-order chi connectivity index (χ1) is 13.7. The molecular weight excluding hydrogens is 354 g/mol. The van der Waals surface area contributed by atoms with Gasteiger partial charge in [0.2, 0.25) is 0 Å². The molecule has 2 aromatic rings. The maximum absolute atomic E-state index is 11.4. The minimum absolute atomic E-state index is 0.163. The van der Waals surface area contributed by atoms with E-state index in [0.717, 1.165) is 31.9 Å². The van der Waals surface area contributed by atoms with Crippen molar-refractivity contribution in [1.82, 2.24) is 4.98 Å². The third kappa shape index (κ3) is 5.38. The fourth-order valence-corrected chi connectivity index (χ4v) is 3.47. The summed E-state index contributed by atoms with van der Waals surface area (Å²) in [6, 6.07) is 10.4. The van der Waals surface area contributed by atoms with Crippen molar-refractivity contribution in [3.8, 4) is 5.75 Å². The van der Waals surface area contributed by atoms with Crippen molar-refractivity contribution >= 4 is 17.3 Å². The second-order valence-electron chi connectivity index (χ2n) is 6.88. The van der Waals surface area contributed by atoms with Crippen molar-refractivity contribution in [2.24, 2.45) is 0 Å². The lowest BCUT2D eigenvalue weighted by Crippen LogP contribution is -2.46. The Labute approximate surface area is 167 Å². The van der Waals surface area contributed by atoms with Crippen molar-refractivity contribution in [1.29, 1.82) is 0 Å². The highest BCUT2D eigenvalue weighted by Gasteiger charge is 2.19. The Morgan fingerprint density at radius 2 is 1.79 bits per heavy atom. The number of nitrogens with zero attached hydrogens (tertiary/aromatic N) is 3. The summed E-state index contributed by atoms with van der Waals surface area (Å²) in [6.07, 6.45) is 4.75. The van der Waals surface area contributed by atoms with Crippen LogP contribution in [0.2, 0.25) is 0 Å². The normalized spacial score (nSPS) is 14.1. The Morgan fingerprint density at radius 3 is 2.46 bits per heavy atom. The molecule has 2 heterocycles. The van der Waals surface area contributed by atoms with E-state index in [1.54, 1.807) is 0 Å². The summed E-state index contributed by atoms with van der Waals surface area (Å²) >= 11 is 0. The largest absolute Gasteiger partial charge is 0.494 e. The molecule has 1 aliphatic heterocycles. The zero-order valence-electron chi connectivity index (χ0n) is 16.8. The molecule has 1 aliphatic rings. The molecule has 3 rings (SSSR count). The summed E-state index contributed by atoms with van der Waals surface area (Å²) in [6.45, 7) is 8.85. The van der Waals surface area contributed by atoms with E-state index in [2.05, 4.69) is 46.0 Å². The fraction of sp³-hybridized carbons (Fsp3) is 0.455. The highest BCUT2D eigenvalue weighted by atomic mass is 16.5. The number of pyridine rings is 1. The standard InChI is InChI=1S/C22H29N3O3/c1-3-27-22(26)5-4-16-28-20-6-7-21(18(2)17-20)25-14-12-24(13-15-25)19-8-10-23-11-9-19/h6-11,17H,3-5,12-16H2,1-2H3. The van der Waals surface area contributed by atoms with Gasteiger partial charge in [-0.25, -0.2) is 0 Å². The van der Waals surface area contributed by atoms with Crippen LogP contribution in [0.1, 0.15) is 25.3 Å². The molecule has 0 N–H and O–H groups in total. The zero-order valence-corrected chi connectivity index (χ0v) is 16.8. The predicted molar refractivity (Wildman–Crippen MR) is 111 cm³/mol. The Kier molecular flexibility index (Phi) is 7.12. The van der Waals surface area contributed by atoms with Gasteiger partial charge in [0.15, 0.2) is 0 Å². The number of ether oxygens (including phenoxy) is 2. The molecule has 0 atom stereocenters. The van der Waals surface area contributed by atoms with Crippen LogP contribution in [0.15, 0.2) is 42.7 Å². The molecule has 0 unspecified atom stereocenters. The highest BCUT2D eigenvalue weighted by molar-refractivity contribution is 5.69. The van der Waals surface area contributed by atoms with Crippen LogP contribution in [0.25, 0.3) is 0 Å². The van der Waals surface area contributed by atoms with Gasteiger partial charge in [-0.2, -0.15) is 0 Å². The second-order valence-corrected chi connectivity index (χ2v) is 6.88. The number of benzene rings is 1. The number of hydrogen-bond donors (Lipinski definition) is 0. The van der Waals surface area contributed by atoms with Crippen molar-refractivity contribution in [2.45, 2.75) is 26.7 Å². The number of hydrogen-bond acceptors (Lipinski definition) is 6. The molecule has 0 spiro atoms.